The van der Waals surface area contributed by atoms with Crippen LogP contribution in [0.3, 0.4) is 0 Å². The summed E-state index contributed by atoms with van der Waals surface area (Å²) in [6.07, 6.45) is 0. The van der Waals surface area contributed by atoms with Crippen LogP contribution < -0.4 is 0 Å². The number of benzene rings is 8. The molecule has 12 rings (SSSR count). The average molecular weight is 706 g/mol. The van der Waals surface area contributed by atoms with E-state index in [1.807, 2.05) is 72.8 Å². The zero-order valence-electron chi connectivity index (χ0n) is 29.2. The Kier molecular flexibility index (Phi) is 6.24. The van der Waals surface area contributed by atoms with Crippen molar-refractivity contribution in [3.8, 4) is 45.3 Å². The van der Waals surface area contributed by atoms with Crippen LogP contribution in [-0.4, -0.2) is 15.0 Å². The largest absolute Gasteiger partial charge is 0.456 e. The van der Waals surface area contributed by atoms with Crippen LogP contribution in [0.4, 0.5) is 0 Å². The van der Waals surface area contributed by atoms with Crippen molar-refractivity contribution in [2.75, 3.05) is 0 Å². The Bertz CT molecular complexity index is 3520. The first-order valence-electron chi connectivity index (χ1n) is 18.3. The lowest BCUT2D eigenvalue weighted by atomic mass is 9.99. The lowest BCUT2D eigenvalue weighted by Gasteiger charge is -2.10. The van der Waals surface area contributed by atoms with Gasteiger partial charge in [0.2, 0.25) is 0 Å². The molecule has 4 aromatic heterocycles. The van der Waals surface area contributed by atoms with Crippen LogP contribution in [0.2, 0.25) is 0 Å². The van der Waals surface area contributed by atoms with Crippen molar-refractivity contribution in [2.24, 2.45) is 0 Å². The topological polar surface area (TPSA) is 78.1 Å². The van der Waals surface area contributed by atoms with Gasteiger partial charge in [0.05, 0.1) is 5.56 Å². The van der Waals surface area contributed by atoms with E-state index in [1.165, 1.54) is 0 Å². The van der Waals surface area contributed by atoms with Crippen molar-refractivity contribution in [3.63, 3.8) is 0 Å². The highest BCUT2D eigenvalue weighted by Crippen LogP contribution is 2.42. The van der Waals surface area contributed by atoms with Crippen LogP contribution in [0.5, 0.6) is 0 Å². The summed E-state index contributed by atoms with van der Waals surface area (Å²) in [7, 11) is 0. The van der Waals surface area contributed by atoms with E-state index >= 15 is 0 Å². The number of nitrogens with zero attached hydrogens (tertiary/aromatic N) is 3. The van der Waals surface area contributed by atoms with Gasteiger partial charge in [-0.15, -0.1) is 0 Å². The van der Waals surface area contributed by atoms with Gasteiger partial charge >= 0.3 is 0 Å². The summed E-state index contributed by atoms with van der Waals surface area (Å²) in [6.45, 7) is 0. The third-order valence-electron chi connectivity index (χ3n) is 10.7. The summed E-state index contributed by atoms with van der Waals surface area (Å²) in [5, 5.41) is 8.43. The number of furan rings is 3. The van der Waals surface area contributed by atoms with E-state index in [4.69, 9.17) is 28.2 Å². The van der Waals surface area contributed by atoms with Gasteiger partial charge in [-0.2, -0.15) is 0 Å². The van der Waals surface area contributed by atoms with Gasteiger partial charge < -0.3 is 13.3 Å². The number of aromatic nitrogens is 3. The Balaban J connectivity index is 1.07. The first kappa shape index (κ1) is 29.9. The fourth-order valence-electron chi connectivity index (χ4n) is 8.15. The molecule has 0 atom stereocenters. The third kappa shape index (κ3) is 4.58. The molecule has 0 radical (unpaired) electrons. The predicted molar refractivity (Wildman–Crippen MR) is 221 cm³/mol. The molecule has 55 heavy (non-hydrogen) atoms. The predicted octanol–water partition coefficient (Wildman–Crippen LogP) is 13.4. The molecule has 0 unspecified atom stereocenters. The van der Waals surface area contributed by atoms with Gasteiger partial charge in [-0.05, 0) is 58.8 Å². The lowest BCUT2D eigenvalue weighted by Crippen LogP contribution is -2.00. The molecule has 6 heteroatoms. The summed E-state index contributed by atoms with van der Waals surface area (Å²) in [5.41, 5.74) is 9.38. The molecule has 0 aliphatic rings. The van der Waals surface area contributed by atoms with Gasteiger partial charge in [0.15, 0.2) is 17.5 Å². The first-order valence-corrected chi connectivity index (χ1v) is 18.3. The zero-order valence-corrected chi connectivity index (χ0v) is 29.2. The molecule has 4 heterocycles. The highest BCUT2D eigenvalue weighted by Gasteiger charge is 2.21. The summed E-state index contributed by atoms with van der Waals surface area (Å²) in [6, 6.07) is 55.7. The number of para-hydroxylation sites is 4. The molecule has 0 aliphatic heterocycles. The Hall–Kier alpha value is -7.57. The highest BCUT2D eigenvalue weighted by molar-refractivity contribution is 6.14. The fourth-order valence-corrected chi connectivity index (χ4v) is 8.15. The quantitative estimate of drug-likeness (QED) is 0.181. The van der Waals surface area contributed by atoms with E-state index in [1.54, 1.807) is 0 Å². The van der Waals surface area contributed by atoms with Gasteiger partial charge in [0, 0.05) is 49.0 Å². The molecule has 12 aromatic rings. The second-order valence-electron chi connectivity index (χ2n) is 13.9. The molecule has 0 spiro atoms. The van der Waals surface area contributed by atoms with E-state index in [0.29, 0.717) is 17.5 Å². The Morgan fingerprint density at radius 3 is 1.65 bits per heavy atom. The molecule has 0 N–H and O–H groups in total. The molecule has 256 valence electrons. The van der Waals surface area contributed by atoms with E-state index < -0.39 is 0 Å². The number of fused-ring (bicyclic) bond motifs is 10. The van der Waals surface area contributed by atoms with Crippen LogP contribution in [-0.2, 0) is 0 Å². The molecule has 0 fully saturated rings. The smallest absolute Gasteiger partial charge is 0.167 e. The zero-order chi connectivity index (χ0) is 36.0. The van der Waals surface area contributed by atoms with Crippen LogP contribution in [0.25, 0.3) is 122 Å². The van der Waals surface area contributed by atoms with Crippen LogP contribution in [0, 0.1) is 0 Å². The monoisotopic (exact) mass is 705 g/mol. The van der Waals surface area contributed by atoms with Crippen molar-refractivity contribution in [1.82, 2.24) is 15.0 Å². The molecule has 0 saturated heterocycles. The van der Waals surface area contributed by atoms with Gasteiger partial charge in [-0.25, -0.2) is 15.0 Å². The third-order valence-corrected chi connectivity index (χ3v) is 10.7. The van der Waals surface area contributed by atoms with Crippen LogP contribution in [0.1, 0.15) is 0 Å². The molecule has 8 aromatic carbocycles. The second-order valence-corrected chi connectivity index (χ2v) is 13.9. The van der Waals surface area contributed by atoms with E-state index in [9.17, 15) is 0 Å². The van der Waals surface area contributed by atoms with Crippen LogP contribution in [0.15, 0.2) is 177 Å². The second kappa shape index (κ2) is 11.5. The van der Waals surface area contributed by atoms with Gasteiger partial charge in [-0.3, -0.25) is 0 Å². The highest BCUT2D eigenvalue weighted by atomic mass is 16.3. The molecule has 6 nitrogen and oxygen atoms in total. The Labute approximate surface area is 312 Å². The molecular weight excluding hydrogens is 679 g/mol. The number of rotatable bonds is 4. The van der Waals surface area contributed by atoms with Crippen molar-refractivity contribution in [3.05, 3.63) is 164 Å². The normalized spacial score (nSPS) is 12.0. The van der Waals surface area contributed by atoms with Crippen molar-refractivity contribution < 1.29 is 13.3 Å². The minimum absolute atomic E-state index is 0.531. The van der Waals surface area contributed by atoms with E-state index in [-0.39, 0.29) is 0 Å². The maximum atomic E-state index is 6.60. The van der Waals surface area contributed by atoms with Crippen molar-refractivity contribution in [1.29, 1.82) is 0 Å². The minimum Gasteiger partial charge on any atom is -0.456 e. The standard InChI is InChI=1S/C49H27N3O3/c1-2-11-29-26-31(23-22-28(29)10-1)47-50-48(52-49(51-47)39-18-8-16-36-34-13-4-6-20-41(34)55-46(36)39)38-17-9-21-42-44(38)37-25-24-30(27-43(37)53-42)32-14-7-15-35-33-12-3-5-19-40(33)54-45(32)35/h1-27H. The molecular formula is C49H27N3O3. The molecule has 0 bridgehead atoms. The lowest BCUT2D eigenvalue weighted by molar-refractivity contribution is 0.668. The van der Waals surface area contributed by atoms with E-state index in [2.05, 4.69) is 91.0 Å². The van der Waals surface area contributed by atoms with Crippen molar-refractivity contribution in [2.45, 2.75) is 0 Å². The molecule has 0 saturated carbocycles. The Morgan fingerprint density at radius 2 is 0.873 bits per heavy atom. The van der Waals surface area contributed by atoms with Gasteiger partial charge in [-0.1, -0.05) is 121 Å². The number of hydrogen-bond donors (Lipinski definition) is 0. The summed E-state index contributed by atoms with van der Waals surface area (Å²) >= 11 is 0. The molecule has 0 aliphatic carbocycles. The van der Waals surface area contributed by atoms with Crippen LogP contribution >= 0.6 is 0 Å². The average Bonchev–Trinajstić information content (AvgIpc) is 3.94. The summed E-state index contributed by atoms with van der Waals surface area (Å²) in [4.78, 5) is 15.5. The van der Waals surface area contributed by atoms with Crippen molar-refractivity contribution >= 4 is 76.6 Å². The van der Waals surface area contributed by atoms with E-state index in [0.717, 1.165) is 104 Å². The Morgan fingerprint density at radius 1 is 0.309 bits per heavy atom. The van der Waals surface area contributed by atoms with Gasteiger partial charge in [0.1, 0.15) is 33.5 Å². The van der Waals surface area contributed by atoms with Gasteiger partial charge in [0.25, 0.3) is 0 Å². The summed E-state index contributed by atoms with van der Waals surface area (Å²) in [5.74, 6) is 1.65. The maximum Gasteiger partial charge on any atom is 0.167 e. The minimum atomic E-state index is 0.531. The number of hydrogen-bond acceptors (Lipinski definition) is 6. The maximum absolute atomic E-state index is 6.60. The summed E-state index contributed by atoms with van der Waals surface area (Å²) < 4.78 is 19.5. The first-order chi connectivity index (χ1) is 27.2. The SMILES string of the molecule is c1ccc2cc(-c3nc(-c4cccc5c4oc4ccccc45)nc(-c4cccc5oc6cc(-c7cccc8c7oc7ccccc78)ccc6c45)n3)ccc2c1. The molecule has 0 amide bonds. The fraction of sp³-hybridized carbons (Fsp3) is 0.